The quantitative estimate of drug-likeness (QED) is 0.366. The summed E-state index contributed by atoms with van der Waals surface area (Å²) in [6, 6.07) is 7.79. The van der Waals surface area contributed by atoms with Gasteiger partial charge in [-0.1, -0.05) is 12.8 Å². The Kier molecular flexibility index (Phi) is 7.71. The molecule has 12 heteroatoms. The molecule has 2 aromatic carbocycles. The Hall–Kier alpha value is -3.38. The summed E-state index contributed by atoms with van der Waals surface area (Å²) in [5.74, 6) is -2.67. The second-order valence-electron chi connectivity index (χ2n) is 7.39. The normalized spacial score (nSPS) is 14.8. The number of nitro benzene ring substituents is 1. The van der Waals surface area contributed by atoms with Crippen molar-refractivity contribution in [3.05, 3.63) is 64.0 Å². The van der Waals surface area contributed by atoms with Crippen LogP contribution in [-0.2, 0) is 19.6 Å². The topological polar surface area (TPSA) is 136 Å². The van der Waals surface area contributed by atoms with Crippen molar-refractivity contribution in [2.24, 2.45) is 0 Å². The summed E-state index contributed by atoms with van der Waals surface area (Å²) in [6.45, 7) is 0.133. The highest BCUT2D eigenvalue weighted by molar-refractivity contribution is 7.89. The van der Waals surface area contributed by atoms with Gasteiger partial charge < -0.3 is 10.1 Å². The average Bonchev–Trinajstić information content (AvgIpc) is 3.09. The van der Waals surface area contributed by atoms with Crippen LogP contribution in [0.25, 0.3) is 0 Å². The molecule has 0 saturated carbocycles. The second kappa shape index (κ2) is 10.5. The first-order chi connectivity index (χ1) is 15.7. The van der Waals surface area contributed by atoms with Gasteiger partial charge in [-0.05, 0) is 43.2 Å². The summed E-state index contributed by atoms with van der Waals surface area (Å²) in [5, 5.41) is 12.9. The number of nitro groups is 1. The molecule has 1 aliphatic rings. The van der Waals surface area contributed by atoms with Gasteiger partial charge in [0.05, 0.1) is 21.1 Å². The number of hydrogen-bond donors (Lipinski definition) is 1. The Morgan fingerprint density at radius 1 is 1.06 bits per heavy atom. The van der Waals surface area contributed by atoms with E-state index in [1.165, 1.54) is 28.6 Å². The largest absolute Gasteiger partial charge is 0.452 e. The van der Waals surface area contributed by atoms with Gasteiger partial charge in [0.1, 0.15) is 5.82 Å². The molecule has 0 aromatic heterocycles. The fraction of sp³-hybridized carbons (Fsp3) is 0.333. The lowest BCUT2D eigenvalue weighted by molar-refractivity contribution is -0.384. The minimum absolute atomic E-state index is 0.0270. The van der Waals surface area contributed by atoms with Crippen LogP contribution in [-0.4, -0.2) is 49.2 Å². The first-order valence-corrected chi connectivity index (χ1v) is 11.6. The third-order valence-electron chi connectivity index (χ3n) is 5.06. The smallest absolute Gasteiger partial charge is 0.338 e. The van der Waals surface area contributed by atoms with Gasteiger partial charge in [0, 0.05) is 25.2 Å². The molecule has 33 heavy (non-hydrogen) atoms. The molecule has 1 aliphatic heterocycles. The third kappa shape index (κ3) is 6.11. The first kappa shape index (κ1) is 24.3. The van der Waals surface area contributed by atoms with Gasteiger partial charge in [-0.3, -0.25) is 14.9 Å². The number of esters is 1. The minimum Gasteiger partial charge on any atom is -0.452 e. The number of halogens is 1. The number of hydrogen-bond acceptors (Lipinski definition) is 7. The zero-order chi connectivity index (χ0) is 24.0. The number of nitrogens with zero attached hydrogens (tertiary/aromatic N) is 2. The van der Waals surface area contributed by atoms with E-state index in [1.54, 1.807) is 0 Å². The van der Waals surface area contributed by atoms with Gasteiger partial charge in [0.2, 0.25) is 10.0 Å². The van der Waals surface area contributed by atoms with Crippen LogP contribution in [0.5, 0.6) is 0 Å². The molecule has 1 heterocycles. The molecule has 1 amide bonds. The van der Waals surface area contributed by atoms with Crippen LogP contribution < -0.4 is 5.32 Å². The van der Waals surface area contributed by atoms with Gasteiger partial charge in [0.25, 0.3) is 11.6 Å². The SMILES string of the molecule is O=C(COC(=O)c1ccc(S(=O)(=O)N2CCCCCC2)cc1)Nc1cc([N+](=O)[O-])ccc1F. The van der Waals surface area contributed by atoms with E-state index in [-0.39, 0.29) is 10.5 Å². The van der Waals surface area contributed by atoms with Crippen molar-refractivity contribution in [2.75, 3.05) is 25.0 Å². The van der Waals surface area contributed by atoms with Crippen LogP contribution in [0.1, 0.15) is 36.0 Å². The zero-order valence-electron chi connectivity index (χ0n) is 17.5. The lowest BCUT2D eigenvalue weighted by Gasteiger charge is -2.19. The number of anilines is 1. The number of carbonyl (C=O) groups excluding carboxylic acids is 2. The number of nitrogens with one attached hydrogen (secondary N) is 1. The van der Waals surface area contributed by atoms with Crippen molar-refractivity contribution in [2.45, 2.75) is 30.6 Å². The molecule has 10 nitrogen and oxygen atoms in total. The molecule has 0 aliphatic carbocycles. The summed E-state index contributed by atoms with van der Waals surface area (Å²) in [4.78, 5) is 34.2. The lowest BCUT2D eigenvalue weighted by Crippen LogP contribution is -2.31. The van der Waals surface area contributed by atoms with Gasteiger partial charge in [-0.25, -0.2) is 17.6 Å². The van der Waals surface area contributed by atoms with E-state index < -0.39 is 50.6 Å². The van der Waals surface area contributed by atoms with E-state index in [0.717, 1.165) is 43.9 Å². The minimum atomic E-state index is -3.67. The Bertz CT molecular complexity index is 1140. The van der Waals surface area contributed by atoms with Crippen LogP contribution >= 0.6 is 0 Å². The third-order valence-corrected chi connectivity index (χ3v) is 6.97. The first-order valence-electron chi connectivity index (χ1n) is 10.2. The van der Waals surface area contributed by atoms with Crippen molar-refractivity contribution in [1.29, 1.82) is 0 Å². The van der Waals surface area contributed by atoms with E-state index in [4.69, 9.17) is 4.74 Å². The van der Waals surface area contributed by atoms with E-state index >= 15 is 0 Å². The van der Waals surface area contributed by atoms with E-state index in [9.17, 15) is 32.5 Å². The Morgan fingerprint density at radius 3 is 2.30 bits per heavy atom. The Balaban J connectivity index is 1.59. The highest BCUT2D eigenvalue weighted by atomic mass is 32.2. The number of benzene rings is 2. The second-order valence-corrected chi connectivity index (χ2v) is 9.33. The van der Waals surface area contributed by atoms with Gasteiger partial charge >= 0.3 is 5.97 Å². The maximum atomic E-state index is 13.8. The van der Waals surface area contributed by atoms with Crippen LogP contribution in [0, 0.1) is 15.9 Å². The maximum Gasteiger partial charge on any atom is 0.338 e. The fourth-order valence-electron chi connectivity index (χ4n) is 3.32. The summed E-state index contributed by atoms with van der Waals surface area (Å²) in [7, 11) is -3.67. The number of non-ortho nitro benzene ring substituents is 1. The molecular weight excluding hydrogens is 457 g/mol. The van der Waals surface area contributed by atoms with E-state index in [1.807, 2.05) is 0 Å². The van der Waals surface area contributed by atoms with Gasteiger partial charge in [0.15, 0.2) is 6.61 Å². The lowest BCUT2D eigenvalue weighted by atomic mass is 10.2. The molecule has 0 atom stereocenters. The van der Waals surface area contributed by atoms with Crippen molar-refractivity contribution >= 4 is 33.3 Å². The predicted octanol–water partition coefficient (Wildman–Crippen LogP) is 3.09. The number of sulfonamides is 1. The van der Waals surface area contributed by atoms with Crippen LogP contribution in [0.4, 0.5) is 15.8 Å². The summed E-state index contributed by atoms with van der Waals surface area (Å²) in [6.07, 6.45) is 3.56. The van der Waals surface area contributed by atoms with Crippen LogP contribution in [0.15, 0.2) is 47.4 Å². The zero-order valence-corrected chi connectivity index (χ0v) is 18.3. The molecular formula is C21H22FN3O7S. The molecule has 0 unspecified atom stereocenters. The summed E-state index contributed by atoms with van der Waals surface area (Å²) in [5.41, 5.74) is -0.814. The van der Waals surface area contributed by atoms with Crippen molar-refractivity contribution in [3.8, 4) is 0 Å². The van der Waals surface area contributed by atoms with E-state index in [2.05, 4.69) is 5.32 Å². The van der Waals surface area contributed by atoms with Gasteiger partial charge in [-0.15, -0.1) is 0 Å². The summed E-state index contributed by atoms with van der Waals surface area (Å²) < 4.78 is 45.6. The number of carbonyl (C=O) groups is 2. The molecule has 1 saturated heterocycles. The summed E-state index contributed by atoms with van der Waals surface area (Å²) >= 11 is 0. The number of rotatable bonds is 7. The standard InChI is InChI=1S/C21H22FN3O7S/c22-18-10-7-16(25(28)29)13-19(18)23-20(26)14-32-21(27)15-5-8-17(9-6-15)33(30,31)24-11-3-1-2-4-12-24/h5-10,13H,1-4,11-12,14H2,(H,23,26). The monoisotopic (exact) mass is 479 g/mol. The van der Waals surface area contributed by atoms with Crippen LogP contribution in [0.2, 0.25) is 0 Å². The maximum absolute atomic E-state index is 13.8. The molecule has 1 N–H and O–H groups in total. The van der Waals surface area contributed by atoms with Crippen molar-refractivity contribution in [1.82, 2.24) is 4.31 Å². The molecule has 3 rings (SSSR count). The van der Waals surface area contributed by atoms with Crippen molar-refractivity contribution < 1.29 is 32.1 Å². The molecule has 0 bridgehead atoms. The van der Waals surface area contributed by atoms with Gasteiger partial charge in [-0.2, -0.15) is 4.31 Å². The Morgan fingerprint density at radius 2 is 1.70 bits per heavy atom. The number of amides is 1. The van der Waals surface area contributed by atoms with Crippen LogP contribution in [0.3, 0.4) is 0 Å². The molecule has 2 aromatic rings. The highest BCUT2D eigenvalue weighted by Gasteiger charge is 2.25. The van der Waals surface area contributed by atoms with Crippen molar-refractivity contribution in [3.63, 3.8) is 0 Å². The fourth-order valence-corrected chi connectivity index (χ4v) is 4.83. The predicted molar refractivity (Wildman–Crippen MR) is 116 cm³/mol. The highest BCUT2D eigenvalue weighted by Crippen LogP contribution is 2.22. The van der Waals surface area contributed by atoms with E-state index in [0.29, 0.717) is 13.1 Å². The molecule has 0 radical (unpaired) electrons. The molecule has 1 fully saturated rings. The Labute approximate surface area is 189 Å². The molecule has 176 valence electrons. The molecule has 0 spiro atoms. The number of ether oxygens (including phenoxy) is 1. The average molecular weight is 479 g/mol.